The summed E-state index contributed by atoms with van der Waals surface area (Å²) in [5.74, 6) is -0.182. The highest BCUT2D eigenvalue weighted by molar-refractivity contribution is 5.76. The van der Waals surface area contributed by atoms with E-state index in [2.05, 4.69) is 43.5 Å². The molecule has 1 rings (SSSR count). The molecule has 0 aromatic rings. The predicted octanol–water partition coefficient (Wildman–Crippen LogP) is 15.5. The fourth-order valence-electron chi connectivity index (χ4n) is 9.84. The van der Waals surface area contributed by atoms with Gasteiger partial charge in [0.15, 0.2) is 6.29 Å². The molecule has 0 spiro atoms. The lowest BCUT2D eigenvalue weighted by Crippen LogP contribution is -2.60. The van der Waals surface area contributed by atoms with E-state index in [4.69, 9.17) is 9.47 Å². The highest BCUT2D eigenvalue weighted by Gasteiger charge is 2.44. The first kappa shape index (κ1) is 67.4. The summed E-state index contributed by atoms with van der Waals surface area (Å²) in [4.78, 5) is 13.0. The van der Waals surface area contributed by atoms with Gasteiger partial charge in [-0.1, -0.05) is 275 Å². The van der Waals surface area contributed by atoms with Crippen LogP contribution in [-0.4, -0.2) is 87.5 Å². The van der Waals surface area contributed by atoms with Crippen LogP contribution in [0.15, 0.2) is 36.5 Å². The molecule has 7 atom stereocenters. The van der Waals surface area contributed by atoms with Gasteiger partial charge in [-0.25, -0.2) is 0 Å². The first-order valence-electron chi connectivity index (χ1n) is 30.7. The minimum atomic E-state index is -1.57. The maximum atomic E-state index is 13.0. The van der Waals surface area contributed by atoms with Crippen LogP contribution in [0, 0.1) is 0 Å². The average molecular weight is 1000 g/mol. The molecule has 1 saturated heterocycles. The van der Waals surface area contributed by atoms with Crippen molar-refractivity contribution in [2.45, 2.75) is 339 Å². The summed E-state index contributed by atoms with van der Waals surface area (Å²) < 4.78 is 11.3. The smallest absolute Gasteiger partial charge is 0.220 e. The number of carbonyl (C=O) groups excluding carboxylic acids is 1. The lowest BCUT2D eigenvalue weighted by Gasteiger charge is -2.40. The number of allylic oxidation sites excluding steroid dienone is 5. The summed E-state index contributed by atoms with van der Waals surface area (Å²) in [5, 5.41) is 54.5. The van der Waals surface area contributed by atoms with Crippen molar-refractivity contribution in [1.29, 1.82) is 0 Å². The van der Waals surface area contributed by atoms with E-state index in [1.165, 1.54) is 218 Å². The maximum absolute atomic E-state index is 13.0. The van der Waals surface area contributed by atoms with Crippen molar-refractivity contribution in [3.8, 4) is 0 Å². The Labute approximate surface area is 438 Å². The van der Waals surface area contributed by atoms with Gasteiger partial charge in [0.2, 0.25) is 5.91 Å². The molecule has 0 aromatic heterocycles. The van der Waals surface area contributed by atoms with Crippen LogP contribution < -0.4 is 5.32 Å². The van der Waals surface area contributed by atoms with Gasteiger partial charge in [0.1, 0.15) is 24.4 Å². The van der Waals surface area contributed by atoms with Gasteiger partial charge < -0.3 is 40.3 Å². The Morgan fingerprint density at radius 2 is 0.831 bits per heavy atom. The average Bonchev–Trinajstić information content (AvgIpc) is 3.37. The van der Waals surface area contributed by atoms with Gasteiger partial charge in [-0.3, -0.25) is 4.79 Å². The van der Waals surface area contributed by atoms with Crippen LogP contribution in [0.4, 0.5) is 0 Å². The molecular formula is C62H117NO8. The summed E-state index contributed by atoms with van der Waals surface area (Å²) >= 11 is 0. The molecule has 9 heteroatoms. The molecule has 71 heavy (non-hydrogen) atoms. The second kappa shape index (κ2) is 51.9. The van der Waals surface area contributed by atoms with E-state index < -0.39 is 49.5 Å². The molecule has 1 aliphatic rings. The van der Waals surface area contributed by atoms with Crippen molar-refractivity contribution in [1.82, 2.24) is 5.32 Å². The summed E-state index contributed by atoms with van der Waals surface area (Å²) in [6, 6.07) is -0.810. The number of hydrogen-bond donors (Lipinski definition) is 6. The molecular weight excluding hydrogens is 887 g/mol. The summed E-state index contributed by atoms with van der Waals surface area (Å²) in [7, 11) is 0. The third kappa shape index (κ3) is 41.4. The highest BCUT2D eigenvalue weighted by Crippen LogP contribution is 2.23. The summed E-state index contributed by atoms with van der Waals surface area (Å²) in [5.41, 5.74) is 0. The Morgan fingerprint density at radius 3 is 1.24 bits per heavy atom. The molecule has 0 radical (unpaired) electrons. The predicted molar refractivity (Wildman–Crippen MR) is 300 cm³/mol. The van der Waals surface area contributed by atoms with Crippen molar-refractivity contribution < 1.29 is 39.8 Å². The lowest BCUT2D eigenvalue weighted by atomic mass is 9.99. The van der Waals surface area contributed by atoms with Crippen molar-refractivity contribution in [3.63, 3.8) is 0 Å². The molecule has 1 fully saturated rings. The number of aliphatic hydroxyl groups is 5. The number of ether oxygens (including phenoxy) is 2. The van der Waals surface area contributed by atoms with Gasteiger partial charge in [0, 0.05) is 6.42 Å². The monoisotopic (exact) mass is 1000 g/mol. The molecule has 0 bridgehead atoms. The zero-order valence-electron chi connectivity index (χ0n) is 46.5. The number of amides is 1. The van der Waals surface area contributed by atoms with Crippen LogP contribution in [0.2, 0.25) is 0 Å². The number of hydrogen-bond acceptors (Lipinski definition) is 8. The van der Waals surface area contributed by atoms with E-state index in [9.17, 15) is 30.3 Å². The molecule has 0 aliphatic carbocycles. The molecule has 1 heterocycles. The number of nitrogens with one attached hydrogen (secondary N) is 1. The molecule has 418 valence electrons. The minimum absolute atomic E-state index is 0.182. The molecule has 0 saturated carbocycles. The Hall–Kier alpha value is -1.59. The first-order valence-corrected chi connectivity index (χ1v) is 30.7. The summed E-state index contributed by atoms with van der Waals surface area (Å²) in [6.45, 7) is 3.78. The lowest BCUT2D eigenvalue weighted by molar-refractivity contribution is -0.302. The van der Waals surface area contributed by atoms with Gasteiger partial charge in [-0.2, -0.15) is 0 Å². The van der Waals surface area contributed by atoms with Gasteiger partial charge in [-0.05, 0) is 51.4 Å². The number of rotatable bonds is 53. The van der Waals surface area contributed by atoms with E-state index >= 15 is 0 Å². The fourth-order valence-corrected chi connectivity index (χ4v) is 9.84. The van der Waals surface area contributed by atoms with Gasteiger partial charge in [-0.15, -0.1) is 0 Å². The SMILES string of the molecule is CCCCC/C=C\C/C=C\CCCCCCCCCC(=O)NC(COC1OC(CO)C(O)C(O)C1O)C(O)/C=C/CCCCCCCCCCCCCCCCCCCCCCCCCCCCCCC. The van der Waals surface area contributed by atoms with Crippen LogP contribution in [0.3, 0.4) is 0 Å². The second-order valence-corrected chi connectivity index (χ2v) is 21.5. The third-order valence-corrected chi connectivity index (χ3v) is 14.7. The Morgan fingerprint density at radius 1 is 0.479 bits per heavy atom. The van der Waals surface area contributed by atoms with E-state index in [-0.39, 0.29) is 12.5 Å². The van der Waals surface area contributed by atoms with Gasteiger partial charge in [0.25, 0.3) is 0 Å². The van der Waals surface area contributed by atoms with Crippen LogP contribution in [0.1, 0.15) is 296 Å². The number of aliphatic hydroxyl groups excluding tert-OH is 5. The Kier molecular flexibility index (Phi) is 49.3. The van der Waals surface area contributed by atoms with E-state index in [1.54, 1.807) is 6.08 Å². The molecule has 7 unspecified atom stereocenters. The zero-order chi connectivity index (χ0) is 51.5. The van der Waals surface area contributed by atoms with Gasteiger partial charge in [0.05, 0.1) is 25.4 Å². The van der Waals surface area contributed by atoms with E-state index in [0.717, 1.165) is 57.8 Å². The maximum Gasteiger partial charge on any atom is 0.220 e. The molecule has 1 aliphatic heterocycles. The van der Waals surface area contributed by atoms with Crippen LogP contribution in [-0.2, 0) is 14.3 Å². The van der Waals surface area contributed by atoms with Crippen molar-refractivity contribution in [3.05, 3.63) is 36.5 Å². The Bertz CT molecular complexity index is 1210. The topological polar surface area (TPSA) is 149 Å². The van der Waals surface area contributed by atoms with Crippen molar-refractivity contribution in [2.75, 3.05) is 13.2 Å². The summed E-state index contributed by atoms with van der Waals surface area (Å²) in [6.07, 6.45) is 60.8. The van der Waals surface area contributed by atoms with Crippen molar-refractivity contribution in [2.24, 2.45) is 0 Å². The molecule has 0 aromatic carbocycles. The molecule has 9 nitrogen and oxygen atoms in total. The molecule has 1 amide bonds. The standard InChI is InChI=1S/C62H117NO8/c1-3-5-7-9-11-13-15-17-19-21-22-23-24-25-26-27-28-29-30-31-32-33-34-36-37-39-41-43-45-47-49-51-56(65)55(54-70-62-61(69)60(68)59(67)57(53-64)71-62)63-58(66)52-50-48-46-44-42-40-38-35-20-18-16-14-12-10-8-6-4-2/h12,14,18,20,49,51,55-57,59-62,64-65,67-69H,3-11,13,15-17,19,21-48,50,52-54H2,1-2H3,(H,63,66)/b14-12-,20-18-,51-49+. The first-order chi connectivity index (χ1) is 34.8. The minimum Gasteiger partial charge on any atom is -0.394 e. The largest absolute Gasteiger partial charge is 0.394 e. The Balaban J connectivity index is 2.16. The fraction of sp³-hybridized carbons (Fsp3) is 0.887. The van der Waals surface area contributed by atoms with E-state index in [1.807, 2.05) is 6.08 Å². The second-order valence-electron chi connectivity index (χ2n) is 21.5. The quantitative estimate of drug-likeness (QED) is 0.0261. The normalized spacial score (nSPS) is 19.5. The number of unbranched alkanes of at least 4 members (excludes halogenated alkanes) is 39. The van der Waals surface area contributed by atoms with Gasteiger partial charge >= 0.3 is 0 Å². The van der Waals surface area contributed by atoms with Crippen molar-refractivity contribution >= 4 is 5.91 Å². The highest BCUT2D eigenvalue weighted by atomic mass is 16.7. The third-order valence-electron chi connectivity index (χ3n) is 14.7. The van der Waals surface area contributed by atoms with Crippen LogP contribution in [0.25, 0.3) is 0 Å². The van der Waals surface area contributed by atoms with Crippen LogP contribution in [0.5, 0.6) is 0 Å². The number of carbonyl (C=O) groups is 1. The zero-order valence-corrected chi connectivity index (χ0v) is 46.5. The van der Waals surface area contributed by atoms with E-state index in [0.29, 0.717) is 6.42 Å². The van der Waals surface area contributed by atoms with Crippen LogP contribution >= 0.6 is 0 Å². The molecule has 6 N–H and O–H groups in total.